The number of carbonyl (C=O) groups excluding carboxylic acids is 1. The Balaban J connectivity index is 1.54. The van der Waals surface area contributed by atoms with Gasteiger partial charge in [0.2, 0.25) is 5.91 Å². The van der Waals surface area contributed by atoms with Gasteiger partial charge in [-0.2, -0.15) is 0 Å². The third-order valence-corrected chi connectivity index (χ3v) is 4.00. The molecule has 1 aliphatic heterocycles. The number of aromatic nitrogens is 2. The van der Waals surface area contributed by atoms with Crippen LogP contribution >= 0.6 is 0 Å². The second-order valence-corrected chi connectivity index (χ2v) is 5.30. The summed E-state index contributed by atoms with van der Waals surface area (Å²) in [4.78, 5) is 18.1. The van der Waals surface area contributed by atoms with E-state index in [1.807, 2.05) is 21.7 Å². The molecule has 0 spiro atoms. The van der Waals surface area contributed by atoms with E-state index >= 15 is 0 Å². The van der Waals surface area contributed by atoms with Gasteiger partial charge in [-0.1, -0.05) is 30.3 Å². The van der Waals surface area contributed by atoms with E-state index < -0.39 is 0 Å². The summed E-state index contributed by atoms with van der Waals surface area (Å²) >= 11 is 0. The van der Waals surface area contributed by atoms with Crippen molar-refractivity contribution in [3.8, 4) is 0 Å². The standard InChI is InChI=1S/C16H19N3O/c20-16(12-18-11-8-17-13-18)19-9-6-15(7-10-19)14-4-2-1-3-5-14/h1-5,8,11,13,15H,6-7,9-10,12H2. The quantitative estimate of drug-likeness (QED) is 0.857. The summed E-state index contributed by atoms with van der Waals surface area (Å²) in [6.07, 6.45) is 7.33. The summed E-state index contributed by atoms with van der Waals surface area (Å²) in [6.45, 7) is 2.11. The molecule has 1 saturated heterocycles. The maximum absolute atomic E-state index is 12.2. The van der Waals surface area contributed by atoms with Gasteiger partial charge in [-0.05, 0) is 24.3 Å². The number of likely N-dealkylation sites (tertiary alicyclic amines) is 1. The smallest absolute Gasteiger partial charge is 0.242 e. The number of hydrogen-bond donors (Lipinski definition) is 0. The Kier molecular flexibility index (Phi) is 3.81. The van der Waals surface area contributed by atoms with E-state index in [0.717, 1.165) is 25.9 Å². The zero-order valence-electron chi connectivity index (χ0n) is 11.5. The minimum absolute atomic E-state index is 0.189. The molecule has 1 aromatic carbocycles. The van der Waals surface area contributed by atoms with E-state index in [1.165, 1.54) is 5.56 Å². The van der Waals surface area contributed by atoms with Gasteiger partial charge in [0.15, 0.2) is 0 Å². The van der Waals surface area contributed by atoms with Crippen molar-refractivity contribution >= 4 is 5.91 Å². The van der Waals surface area contributed by atoms with Gasteiger partial charge in [0.1, 0.15) is 6.54 Å². The van der Waals surface area contributed by atoms with Crippen LogP contribution in [0.1, 0.15) is 24.3 Å². The zero-order valence-corrected chi connectivity index (χ0v) is 11.5. The highest BCUT2D eigenvalue weighted by molar-refractivity contribution is 5.76. The molecule has 3 rings (SSSR count). The molecule has 0 aliphatic carbocycles. The molecule has 1 fully saturated rings. The highest BCUT2D eigenvalue weighted by Gasteiger charge is 2.23. The predicted molar refractivity (Wildman–Crippen MR) is 77.2 cm³/mol. The van der Waals surface area contributed by atoms with Gasteiger partial charge in [0.05, 0.1) is 6.33 Å². The van der Waals surface area contributed by atoms with Crippen LogP contribution in [0, 0.1) is 0 Å². The molecule has 4 nitrogen and oxygen atoms in total. The van der Waals surface area contributed by atoms with Crippen LogP contribution in [-0.4, -0.2) is 33.4 Å². The minimum Gasteiger partial charge on any atom is -0.341 e. The number of nitrogens with zero attached hydrogens (tertiary/aromatic N) is 3. The highest BCUT2D eigenvalue weighted by Crippen LogP contribution is 2.27. The van der Waals surface area contributed by atoms with Crippen LogP contribution in [-0.2, 0) is 11.3 Å². The third kappa shape index (κ3) is 2.90. The molecule has 0 N–H and O–H groups in total. The summed E-state index contributed by atoms with van der Waals surface area (Å²) in [5.41, 5.74) is 1.40. The fourth-order valence-corrected chi connectivity index (χ4v) is 2.82. The molecule has 0 bridgehead atoms. The molecule has 4 heteroatoms. The second kappa shape index (κ2) is 5.90. The molecule has 0 atom stereocenters. The lowest BCUT2D eigenvalue weighted by Crippen LogP contribution is -2.39. The van der Waals surface area contributed by atoms with Crippen molar-refractivity contribution in [2.45, 2.75) is 25.3 Å². The van der Waals surface area contributed by atoms with Crippen molar-refractivity contribution in [1.29, 1.82) is 0 Å². The van der Waals surface area contributed by atoms with Crippen LogP contribution in [0.25, 0.3) is 0 Å². The van der Waals surface area contributed by atoms with Crippen LogP contribution in [0.5, 0.6) is 0 Å². The first kappa shape index (κ1) is 12.9. The Labute approximate surface area is 119 Å². The lowest BCUT2D eigenvalue weighted by molar-refractivity contribution is -0.132. The normalized spacial score (nSPS) is 16.3. The Morgan fingerprint density at radius 2 is 1.95 bits per heavy atom. The molecule has 1 amide bonds. The molecule has 2 heterocycles. The molecular formula is C16H19N3O. The van der Waals surface area contributed by atoms with Crippen LogP contribution in [0.3, 0.4) is 0 Å². The first-order chi connectivity index (χ1) is 9.83. The Hall–Kier alpha value is -2.10. The number of carbonyl (C=O) groups is 1. The lowest BCUT2D eigenvalue weighted by atomic mass is 9.89. The molecule has 1 aliphatic rings. The number of hydrogen-bond acceptors (Lipinski definition) is 2. The average Bonchev–Trinajstić information content (AvgIpc) is 3.01. The van der Waals surface area contributed by atoms with E-state index in [4.69, 9.17) is 0 Å². The number of imidazole rings is 1. The van der Waals surface area contributed by atoms with Crippen molar-refractivity contribution in [3.63, 3.8) is 0 Å². The zero-order chi connectivity index (χ0) is 13.8. The number of amides is 1. The summed E-state index contributed by atoms with van der Waals surface area (Å²) in [7, 11) is 0. The molecule has 0 saturated carbocycles. The van der Waals surface area contributed by atoms with Gasteiger partial charge in [-0.3, -0.25) is 4.79 Å². The first-order valence-electron chi connectivity index (χ1n) is 7.11. The van der Waals surface area contributed by atoms with Gasteiger partial charge in [0.25, 0.3) is 0 Å². The number of benzene rings is 1. The molecule has 0 unspecified atom stereocenters. The molecule has 2 aromatic rings. The maximum Gasteiger partial charge on any atom is 0.242 e. The molecule has 1 aromatic heterocycles. The summed E-state index contributed by atoms with van der Waals surface area (Å²) in [5.74, 6) is 0.781. The van der Waals surface area contributed by atoms with Crippen molar-refractivity contribution in [2.24, 2.45) is 0 Å². The Bertz CT molecular complexity index is 542. The van der Waals surface area contributed by atoms with E-state index in [2.05, 4.69) is 29.2 Å². The largest absolute Gasteiger partial charge is 0.341 e. The summed E-state index contributed by atoms with van der Waals surface area (Å²) in [6, 6.07) is 10.6. The fraction of sp³-hybridized carbons (Fsp3) is 0.375. The minimum atomic E-state index is 0.189. The van der Waals surface area contributed by atoms with Gasteiger partial charge in [0, 0.05) is 25.5 Å². The highest BCUT2D eigenvalue weighted by atomic mass is 16.2. The summed E-state index contributed by atoms with van der Waals surface area (Å²) < 4.78 is 1.83. The molecule has 104 valence electrons. The van der Waals surface area contributed by atoms with Crippen molar-refractivity contribution in [2.75, 3.05) is 13.1 Å². The second-order valence-electron chi connectivity index (χ2n) is 5.30. The lowest BCUT2D eigenvalue weighted by Gasteiger charge is -2.32. The van der Waals surface area contributed by atoms with Crippen molar-refractivity contribution in [3.05, 3.63) is 54.6 Å². The number of rotatable bonds is 3. The van der Waals surface area contributed by atoms with Crippen molar-refractivity contribution < 1.29 is 4.79 Å². The molecule has 20 heavy (non-hydrogen) atoms. The van der Waals surface area contributed by atoms with Gasteiger partial charge in [-0.25, -0.2) is 4.98 Å². The molecular weight excluding hydrogens is 250 g/mol. The monoisotopic (exact) mass is 269 g/mol. The SMILES string of the molecule is O=C(Cn1ccnc1)N1CCC(c2ccccc2)CC1. The van der Waals surface area contributed by atoms with E-state index in [0.29, 0.717) is 12.5 Å². The number of piperidine rings is 1. The Morgan fingerprint density at radius 3 is 2.60 bits per heavy atom. The van der Waals surface area contributed by atoms with Gasteiger partial charge < -0.3 is 9.47 Å². The Morgan fingerprint density at radius 1 is 1.20 bits per heavy atom. The van der Waals surface area contributed by atoms with Gasteiger partial charge >= 0.3 is 0 Å². The topological polar surface area (TPSA) is 38.1 Å². The molecule has 0 radical (unpaired) electrons. The van der Waals surface area contributed by atoms with Crippen LogP contribution < -0.4 is 0 Å². The fourth-order valence-electron chi connectivity index (χ4n) is 2.82. The predicted octanol–water partition coefficient (Wildman–Crippen LogP) is 2.29. The maximum atomic E-state index is 12.2. The van der Waals surface area contributed by atoms with Crippen LogP contribution in [0.2, 0.25) is 0 Å². The average molecular weight is 269 g/mol. The van der Waals surface area contributed by atoms with E-state index in [1.54, 1.807) is 12.5 Å². The first-order valence-corrected chi connectivity index (χ1v) is 7.11. The van der Waals surface area contributed by atoms with Gasteiger partial charge in [-0.15, -0.1) is 0 Å². The summed E-state index contributed by atoms with van der Waals surface area (Å²) in [5, 5.41) is 0. The van der Waals surface area contributed by atoms with Crippen LogP contribution in [0.15, 0.2) is 49.1 Å². The van der Waals surface area contributed by atoms with Crippen LogP contribution in [0.4, 0.5) is 0 Å². The van der Waals surface area contributed by atoms with E-state index in [-0.39, 0.29) is 5.91 Å². The van der Waals surface area contributed by atoms with Crippen molar-refractivity contribution in [1.82, 2.24) is 14.5 Å². The third-order valence-electron chi connectivity index (χ3n) is 4.00. The van der Waals surface area contributed by atoms with E-state index in [9.17, 15) is 4.79 Å².